The minimum atomic E-state index is 0.439. The van der Waals surface area contributed by atoms with Crippen LogP contribution in [0.2, 0.25) is 0 Å². The summed E-state index contributed by atoms with van der Waals surface area (Å²) in [4.78, 5) is 2.74. The molecule has 2 unspecified atom stereocenters. The van der Waals surface area contributed by atoms with Gasteiger partial charge in [0.25, 0.3) is 0 Å². The van der Waals surface area contributed by atoms with Crippen LogP contribution < -0.4 is 5.32 Å². The van der Waals surface area contributed by atoms with Gasteiger partial charge in [-0.05, 0) is 51.0 Å². The molecule has 2 fully saturated rings. The van der Waals surface area contributed by atoms with E-state index in [2.05, 4.69) is 56.6 Å². The van der Waals surface area contributed by atoms with Crippen LogP contribution in [0.25, 0.3) is 0 Å². The average molecular weight is 313 g/mol. The lowest BCUT2D eigenvalue weighted by molar-refractivity contribution is 0.0773. The third-order valence-electron chi connectivity index (χ3n) is 5.32. The quantitative estimate of drug-likeness (QED) is 0.826. The Labute approximate surface area is 136 Å². The highest BCUT2D eigenvalue weighted by Crippen LogP contribution is 2.40. The number of rotatable bonds is 5. The summed E-state index contributed by atoms with van der Waals surface area (Å²) in [5.74, 6) is 2.13. The predicted octanol–water partition coefficient (Wildman–Crippen LogP) is 4.01. The van der Waals surface area contributed by atoms with E-state index in [1.807, 2.05) is 0 Å². The molecule has 2 aliphatic rings. The van der Waals surface area contributed by atoms with Crippen molar-refractivity contribution < 1.29 is 0 Å². The molecule has 2 atom stereocenters. The van der Waals surface area contributed by atoms with E-state index >= 15 is 0 Å². The molecule has 1 N–H and O–H groups in total. The zero-order chi connectivity index (χ0) is 15.5. The number of nitrogens with zero attached hydrogens (tertiary/aromatic N) is 1. The monoisotopic (exact) mass is 312 g/mol. The Morgan fingerprint density at radius 2 is 2.00 bits per heavy atom. The molecule has 0 aromatic carbocycles. The van der Waals surface area contributed by atoms with Gasteiger partial charge in [-0.3, -0.25) is 0 Å². The second kappa shape index (κ2) is 7.23. The molecule has 1 heterocycles. The second-order valence-corrected chi connectivity index (χ2v) is 10.2. The van der Waals surface area contributed by atoms with Crippen LogP contribution in [0.3, 0.4) is 0 Å². The van der Waals surface area contributed by atoms with Crippen molar-refractivity contribution in [3.8, 4) is 0 Å². The van der Waals surface area contributed by atoms with Crippen molar-refractivity contribution in [1.29, 1.82) is 0 Å². The SMILES string of the molecule is CCCNC1C(CN2CCSC(C)(C)C2)CCCC1(C)C. The van der Waals surface area contributed by atoms with Gasteiger partial charge in [-0.25, -0.2) is 0 Å². The highest BCUT2D eigenvalue weighted by Gasteiger charge is 2.40. The Kier molecular flexibility index (Phi) is 6.07. The standard InChI is InChI=1S/C18H36N2S/c1-6-10-19-16-15(8-7-9-17(16,2)3)13-20-11-12-21-18(4,5)14-20/h15-16,19H,6-14H2,1-5H3. The smallest absolute Gasteiger partial charge is 0.0231 e. The van der Waals surface area contributed by atoms with Crippen LogP contribution in [0.4, 0.5) is 0 Å². The number of hydrogen-bond donors (Lipinski definition) is 1. The Morgan fingerprint density at radius 1 is 1.24 bits per heavy atom. The molecule has 0 radical (unpaired) electrons. The molecule has 2 rings (SSSR count). The maximum Gasteiger partial charge on any atom is 0.0231 e. The summed E-state index contributed by atoms with van der Waals surface area (Å²) < 4.78 is 0.439. The molecule has 0 amide bonds. The van der Waals surface area contributed by atoms with Crippen molar-refractivity contribution in [3.63, 3.8) is 0 Å². The molecule has 1 saturated heterocycles. The first-order valence-electron chi connectivity index (χ1n) is 8.94. The third-order valence-corrected chi connectivity index (χ3v) is 6.62. The maximum absolute atomic E-state index is 3.89. The van der Waals surface area contributed by atoms with E-state index in [0.29, 0.717) is 16.2 Å². The molecule has 2 nitrogen and oxygen atoms in total. The van der Waals surface area contributed by atoms with Crippen molar-refractivity contribution in [2.24, 2.45) is 11.3 Å². The van der Waals surface area contributed by atoms with Gasteiger partial charge < -0.3 is 10.2 Å². The lowest BCUT2D eigenvalue weighted by atomic mass is 9.67. The van der Waals surface area contributed by atoms with Gasteiger partial charge in [0.15, 0.2) is 0 Å². The third kappa shape index (κ3) is 4.87. The fourth-order valence-corrected chi connectivity index (χ4v) is 5.50. The molecule has 0 aromatic heterocycles. The first kappa shape index (κ1) is 17.6. The molecule has 1 saturated carbocycles. The van der Waals surface area contributed by atoms with Gasteiger partial charge in [0.2, 0.25) is 0 Å². The van der Waals surface area contributed by atoms with Crippen molar-refractivity contribution in [3.05, 3.63) is 0 Å². The van der Waals surface area contributed by atoms with Crippen molar-refractivity contribution in [2.45, 2.75) is 71.1 Å². The number of thioether (sulfide) groups is 1. The average Bonchev–Trinajstić information content (AvgIpc) is 2.36. The first-order chi connectivity index (χ1) is 9.84. The second-order valence-electron chi connectivity index (χ2n) is 8.42. The minimum absolute atomic E-state index is 0.439. The van der Waals surface area contributed by atoms with Crippen molar-refractivity contribution >= 4 is 11.8 Å². The highest BCUT2D eigenvalue weighted by atomic mass is 32.2. The van der Waals surface area contributed by atoms with Crippen LogP contribution in [0.15, 0.2) is 0 Å². The van der Waals surface area contributed by atoms with Crippen LogP contribution in [0.1, 0.15) is 60.3 Å². The van der Waals surface area contributed by atoms with Gasteiger partial charge in [-0.2, -0.15) is 11.8 Å². The zero-order valence-electron chi connectivity index (χ0n) is 14.9. The summed E-state index contributed by atoms with van der Waals surface area (Å²) in [5.41, 5.74) is 0.456. The van der Waals surface area contributed by atoms with Crippen LogP contribution >= 0.6 is 11.8 Å². The van der Waals surface area contributed by atoms with Crippen molar-refractivity contribution in [1.82, 2.24) is 10.2 Å². The summed E-state index contributed by atoms with van der Waals surface area (Å²) >= 11 is 2.14. The Hall–Kier alpha value is 0.270. The molecule has 124 valence electrons. The van der Waals surface area contributed by atoms with Crippen LogP contribution in [0.5, 0.6) is 0 Å². The van der Waals surface area contributed by atoms with E-state index in [1.54, 1.807) is 0 Å². The number of hydrogen-bond acceptors (Lipinski definition) is 3. The summed E-state index contributed by atoms with van der Waals surface area (Å²) in [7, 11) is 0. The molecule has 0 spiro atoms. The van der Waals surface area contributed by atoms with E-state index in [4.69, 9.17) is 0 Å². The number of nitrogens with one attached hydrogen (secondary N) is 1. The van der Waals surface area contributed by atoms with Gasteiger partial charge in [0, 0.05) is 36.2 Å². The van der Waals surface area contributed by atoms with Gasteiger partial charge in [0.05, 0.1) is 0 Å². The summed E-state index contributed by atoms with van der Waals surface area (Å²) in [6.07, 6.45) is 5.45. The maximum atomic E-state index is 3.89. The van der Waals surface area contributed by atoms with E-state index in [9.17, 15) is 0 Å². The largest absolute Gasteiger partial charge is 0.313 e. The van der Waals surface area contributed by atoms with Gasteiger partial charge in [-0.15, -0.1) is 0 Å². The Balaban J connectivity index is 1.98. The zero-order valence-corrected chi connectivity index (χ0v) is 15.7. The van der Waals surface area contributed by atoms with E-state index in [1.165, 1.54) is 57.6 Å². The molecular formula is C18H36N2S. The fraction of sp³-hybridized carbons (Fsp3) is 1.00. The molecule has 3 heteroatoms. The van der Waals surface area contributed by atoms with E-state index in [0.717, 1.165) is 5.92 Å². The molecule has 0 aromatic rings. The Bertz CT molecular complexity index is 327. The fourth-order valence-electron chi connectivity index (χ4n) is 4.32. The van der Waals surface area contributed by atoms with E-state index < -0.39 is 0 Å². The van der Waals surface area contributed by atoms with Crippen molar-refractivity contribution in [2.75, 3.05) is 31.9 Å². The normalized spacial score (nSPS) is 33.0. The Morgan fingerprint density at radius 3 is 2.67 bits per heavy atom. The lowest BCUT2D eigenvalue weighted by Crippen LogP contribution is -2.54. The van der Waals surface area contributed by atoms with Crippen LogP contribution in [-0.4, -0.2) is 47.6 Å². The minimum Gasteiger partial charge on any atom is -0.313 e. The molecule has 21 heavy (non-hydrogen) atoms. The highest BCUT2D eigenvalue weighted by molar-refractivity contribution is 8.00. The summed E-state index contributed by atoms with van der Waals surface area (Å²) in [5, 5.41) is 3.89. The molecule has 1 aliphatic carbocycles. The predicted molar refractivity (Wildman–Crippen MR) is 96.2 cm³/mol. The van der Waals surface area contributed by atoms with E-state index in [-0.39, 0.29) is 0 Å². The van der Waals surface area contributed by atoms with Gasteiger partial charge >= 0.3 is 0 Å². The molecule has 0 bridgehead atoms. The summed E-state index contributed by atoms with van der Waals surface area (Å²) in [6, 6.07) is 0.698. The van der Waals surface area contributed by atoms with Gasteiger partial charge in [0.1, 0.15) is 0 Å². The van der Waals surface area contributed by atoms with Gasteiger partial charge in [-0.1, -0.05) is 27.2 Å². The molecule has 1 aliphatic heterocycles. The lowest BCUT2D eigenvalue weighted by Gasteiger charge is -2.47. The molecular weight excluding hydrogens is 276 g/mol. The summed E-state index contributed by atoms with van der Waals surface area (Å²) in [6.45, 7) is 17.1. The topological polar surface area (TPSA) is 15.3 Å². The first-order valence-corrected chi connectivity index (χ1v) is 9.92. The van der Waals surface area contributed by atoms with Crippen LogP contribution in [0, 0.1) is 11.3 Å². The van der Waals surface area contributed by atoms with Crippen LogP contribution in [-0.2, 0) is 0 Å².